The number of amides is 2. The number of ether oxygens (including phenoxy) is 2. The third kappa shape index (κ3) is 7.82. The number of carbonyl (C=O) groups excluding carboxylic acids is 3. The van der Waals surface area contributed by atoms with Crippen molar-refractivity contribution in [1.29, 1.82) is 0 Å². The normalized spacial score (nSPS) is 19.0. The van der Waals surface area contributed by atoms with Gasteiger partial charge in [-0.15, -0.1) is 0 Å². The summed E-state index contributed by atoms with van der Waals surface area (Å²) in [7, 11) is 1.51. The molecule has 7 nitrogen and oxygen atoms in total. The molecule has 0 radical (unpaired) electrons. The molecule has 2 amide bonds. The summed E-state index contributed by atoms with van der Waals surface area (Å²) in [5.74, 6) is -0.458. The summed E-state index contributed by atoms with van der Waals surface area (Å²) in [6.07, 6.45) is 7.04. The van der Waals surface area contributed by atoms with E-state index in [4.69, 9.17) is 9.47 Å². The number of esters is 1. The van der Waals surface area contributed by atoms with Crippen molar-refractivity contribution in [1.82, 2.24) is 10.2 Å². The van der Waals surface area contributed by atoms with Gasteiger partial charge in [0.2, 0.25) is 0 Å². The van der Waals surface area contributed by atoms with Gasteiger partial charge in [0.15, 0.2) is 0 Å². The number of unbranched alkanes of at least 4 members (excludes halogenated alkanes) is 3. The molecule has 1 saturated heterocycles. The van der Waals surface area contributed by atoms with Crippen LogP contribution >= 0.6 is 11.8 Å². The average Bonchev–Trinajstić information content (AvgIpc) is 2.94. The minimum absolute atomic E-state index is 0.00199. The predicted molar refractivity (Wildman–Crippen MR) is 160 cm³/mol. The molecule has 2 heterocycles. The first-order chi connectivity index (χ1) is 18.8. The molecule has 9 heteroatoms. The van der Waals surface area contributed by atoms with E-state index in [1.807, 2.05) is 0 Å². The summed E-state index contributed by atoms with van der Waals surface area (Å²) in [6, 6.07) is 8.96. The van der Waals surface area contributed by atoms with Gasteiger partial charge in [-0.05, 0) is 0 Å². The number of β-lactam (4-membered cyclic amide) rings is 1. The summed E-state index contributed by atoms with van der Waals surface area (Å²) >= 11 is -1.06. The Morgan fingerprint density at radius 3 is 2.28 bits per heavy atom. The fraction of sp³-hybridized carbons (Fsp3) is 0.633. The molecule has 0 aliphatic carbocycles. The van der Waals surface area contributed by atoms with Gasteiger partial charge in [-0.2, -0.15) is 0 Å². The second-order valence-electron chi connectivity index (χ2n) is 10.8. The molecule has 2 aliphatic heterocycles. The van der Waals surface area contributed by atoms with Crippen molar-refractivity contribution < 1.29 is 23.9 Å². The van der Waals surface area contributed by atoms with Gasteiger partial charge in [0.05, 0.1) is 0 Å². The number of methoxy groups -OCH3 is 1. The van der Waals surface area contributed by atoms with Crippen LogP contribution in [0.1, 0.15) is 71.8 Å². The van der Waals surface area contributed by atoms with E-state index in [2.05, 4.69) is 50.4 Å². The Labute approximate surface area is 242 Å². The SMILES string of the molecule is CCC[CH2][Sn]([CH2]CCC)([CH2]CCC)[c]1cccc(CNC(=O)C2=C(COC(C)=O)CS[C@@H]3[C@@H](OC)C(=O)N23)c1. The predicted octanol–water partition coefficient (Wildman–Crippen LogP) is 5.11. The first-order valence-corrected chi connectivity index (χ1v) is 23.0. The molecule has 0 saturated carbocycles. The summed E-state index contributed by atoms with van der Waals surface area (Å²) in [5, 5.41) is 2.84. The third-order valence-corrected chi connectivity index (χ3v) is 24.9. The van der Waals surface area contributed by atoms with Crippen LogP contribution in [0.25, 0.3) is 0 Å². The van der Waals surface area contributed by atoms with E-state index in [-0.39, 0.29) is 23.8 Å². The number of rotatable bonds is 16. The fourth-order valence-electron chi connectivity index (χ4n) is 5.68. The van der Waals surface area contributed by atoms with Crippen LogP contribution in [0, 0.1) is 0 Å². The van der Waals surface area contributed by atoms with Gasteiger partial charge in [-0.1, -0.05) is 0 Å². The monoisotopic (exact) mass is 666 g/mol. The maximum absolute atomic E-state index is 13.5. The van der Waals surface area contributed by atoms with E-state index in [0.717, 1.165) is 5.56 Å². The van der Waals surface area contributed by atoms with Gasteiger partial charge >= 0.3 is 244 Å². The third-order valence-electron chi connectivity index (χ3n) is 7.94. The van der Waals surface area contributed by atoms with E-state index < -0.39 is 30.5 Å². The van der Waals surface area contributed by atoms with Crippen molar-refractivity contribution >= 4 is 51.5 Å². The van der Waals surface area contributed by atoms with E-state index in [9.17, 15) is 14.4 Å². The van der Waals surface area contributed by atoms with Crippen LogP contribution in [0.4, 0.5) is 0 Å². The van der Waals surface area contributed by atoms with Gasteiger partial charge in [0, 0.05) is 0 Å². The van der Waals surface area contributed by atoms with E-state index >= 15 is 0 Å². The Kier molecular flexibility index (Phi) is 12.7. The topological polar surface area (TPSA) is 84.9 Å². The number of thioether (sulfide) groups is 1. The van der Waals surface area contributed by atoms with Crippen molar-refractivity contribution in [3.05, 3.63) is 41.1 Å². The number of nitrogens with one attached hydrogen (secondary N) is 1. The van der Waals surface area contributed by atoms with Crippen molar-refractivity contribution in [3.63, 3.8) is 0 Å². The van der Waals surface area contributed by atoms with Crippen LogP contribution < -0.4 is 8.90 Å². The molecular weight excluding hydrogens is 619 g/mol. The van der Waals surface area contributed by atoms with E-state index in [1.165, 1.54) is 82.5 Å². The molecule has 2 aliphatic rings. The van der Waals surface area contributed by atoms with E-state index in [0.29, 0.717) is 23.6 Å². The number of hydrogen-bond acceptors (Lipinski definition) is 6. The molecule has 2 atom stereocenters. The minimum atomic E-state index is -2.59. The van der Waals surface area contributed by atoms with Crippen molar-refractivity contribution in [2.24, 2.45) is 0 Å². The summed E-state index contributed by atoms with van der Waals surface area (Å²) in [4.78, 5) is 39.3. The number of carbonyl (C=O) groups is 3. The molecule has 0 bridgehead atoms. The van der Waals surface area contributed by atoms with Crippen LogP contribution in [-0.2, 0) is 30.4 Å². The molecule has 216 valence electrons. The van der Waals surface area contributed by atoms with Crippen molar-refractivity contribution in [2.75, 3.05) is 19.5 Å². The molecule has 1 N–H and O–H groups in total. The Bertz CT molecular complexity index is 1020. The molecule has 39 heavy (non-hydrogen) atoms. The molecule has 3 rings (SSSR count). The second kappa shape index (κ2) is 15.5. The van der Waals surface area contributed by atoms with Gasteiger partial charge in [-0.3, -0.25) is 0 Å². The van der Waals surface area contributed by atoms with Crippen molar-refractivity contribution in [3.8, 4) is 0 Å². The summed E-state index contributed by atoms with van der Waals surface area (Å²) < 4.78 is 16.3. The fourth-order valence-corrected chi connectivity index (χ4v) is 23.2. The number of benzene rings is 1. The molecule has 1 fully saturated rings. The number of hydrogen-bond donors (Lipinski definition) is 1. The Hall–Kier alpha value is -1.52. The van der Waals surface area contributed by atoms with Crippen LogP contribution in [0.3, 0.4) is 0 Å². The van der Waals surface area contributed by atoms with E-state index in [1.54, 1.807) is 3.58 Å². The van der Waals surface area contributed by atoms with Gasteiger partial charge in [0.1, 0.15) is 0 Å². The van der Waals surface area contributed by atoms with Crippen LogP contribution in [0.15, 0.2) is 35.5 Å². The van der Waals surface area contributed by atoms with Crippen LogP contribution in [-0.4, -0.2) is 72.0 Å². The quantitative estimate of drug-likeness (QED) is 0.150. The summed E-state index contributed by atoms with van der Waals surface area (Å²) in [5.41, 5.74) is 2.05. The molecular formula is C30H46N2O5SSn. The zero-order valence-corrected chi connectivity index (χ0v) is 28.0. The van der Waals surface area contributed by atoms with Crippen molar-refractivity contribution in [2.45, 2.75) is 97.6 Å². The summed E-state index contributed by atoms with van der Waals surface area (Å²) in [6.45, 7) is 8.60. The Morgan fingerprint density at radius 1 is 1.08 bits per heavy atom. The van der Waals surface area contributed by atoms with Crippen LogP contribution in [0.2, 0.25) is 13.3 Å². The number of nitrogens with zero attached hydrogens (tertiary/aromatic N) is 1. The molecule has 0 aromatic heterocycles. The first kappa shape index (κ1) is 32.0. The number of fused-ring (bicyclic) bond motifs is 1. The zero-order chi connectivity index (χ0) is 28.4. The Morgan fingerprint density at radius 2 is 1.72 bits per heavy atom. The second-order valence-corrected chi connectivity index (χ2v) is 25.1. The maximum atomic E-state index is 13.5. The Balaban J connectivity index is 1.82. The van der Waals surface area contributed by atoms with Gasteiger partial charge < -0.3 is 0 Å². The van der Waals surface area contributed by atoms with Crippen LogP contribution in [0.5, 0.6) is 0 Å². The first-order valence-electron chi connectivity index (χ1n) is 14.5. The molecule has 0 spiro atoms. The van der Waals surface area contributed by atoms with Gasteiger partial charge in [0.25, 0.3) is 0 Å². The molecule has 1 aromatic carbocycles. The molecule has 0 unspecified atom stereocenters. The average molecular weight is 665 g/mol. The standard InChI is InChI=1S/C18H19N2O5S.3C4H9.Sn/c1-11(21)25-9-13-10-26-18-15(24-2)17(23)20(18)14(13)16(22)19-8-12-6-4-3-5-7-12;3*1-3-4-2;/h3-4,6-7,15,18H,8-10H2,1-2H3,(H,19,22);3*1,3-4H2,2H3;/t15-,18+;;;;/m0..../s1. The zero-order valence-electron chi connectivity index (χ0n) is 24.3. The molecule has 1 aromatic rings. The van der Waals surface area contributed by atoms with Gasteiger partial charge in [-0.25, -0.2) is 0 Å².